The largest absolute Gasteiger partial charge is 0.316 e. The molecular weight excluding hydrogens is 464 g/mol. The smallest absolute Gasteiger partial charge is 0.295 e. The molecule has 0 atom stereocenters. The number of nitrogens with one attached hydrogen (secondary N) is 1. The van der Waals surface area contributed by atoms with Crippen molar-refractivity contribution < 1.29 is 13.2 Å². The number of sulfonamides is 1. The molecule has 0 unspecified atom stereocenters. The summed E-state index contributed by atoms with van der Waals surface area (Å²) in [4.78, 5) is 26.2. The van der Waals surface area contributed by atoms with Crippen LogP contribution < -0.4 is 15.2 Å². The van der Waals surface area contributed by atoms with Gasteiger partial charge in [0, 0.05) is 19.2 Å². The second kappa shape index (κ2) is 8.59. The van der Waals surface area contributed by atoms with E-state index in [1.165, 1.54) is 33.3 Å². The zero-order chi connectivity index (χ0) is 24.7. The summed E-state index contributed by atoms with van der Waals surface area (Å²) < 4.78 is 31.3. The van der Waals surface area contributed by atoms with Gasteiger partial charge in [-0.2, -0.15) is 0 Å². The Labute approximate surface area is 203 Å². The van der Waals surface area contributed by atoms with E-state index in [2.05, 4.69) is 5.32 Å². The quantitative estimate of drug-likeness (QED) is 0.465. The average molecular weight is 489 g/mol. The molecule has 0 bridgehead atoms. The van der Waals surface area contributed by atoms with E-state index in [0.29, 0.717) is 30.0 Å². The first-order chi connectivity index (χ1) is 16.8. The van der Waals surface area contributed by atoms with Crippen molar-refractivity contribution in [3.8, 4) is 5.69 Å². The number of hydrogen-bond acceptors (Lipinski definition) is 4. The monoisotopic (exact) mass is 488 g/mol. The molecule has 35 heavy (non-hydrogen) atoms. The predicted octanol–water partition coefficient (Wildman–Crippen LogP) is 3.49. The number of para-hydroxylation sites is 2. The molecule has 1 amide bonds. The Bertz CT molecular complexity index is 1600. The van der Waals surface area contributed by atoms with E-state index in [0.717, 1.165) is 5.56 Å². The lowest BCUT2D eigenvalue weighted by Crippen LogP contribution is -2.29. The first-order valence-electron chi connectivity index (χ1n) is 11.1. The number of aromatic nitrogens is 2. The summed E-state index contributed by atoms with van der Waals surface area (Å²) in [7, 11) is -2.12. The molecule has 4 aromatic rings. The van der Waals surface area contributed by atoms with E-state index in [4.69, 9.17) is 0 Å². The van der Waals surface area contributed by atoms with Crippen molar-refractivity contribution in [2.24, 2.45) is 7.05 Å². The second-order valence-electron chi connectivity index (χ2n) is 8.37. The van der Waals surface area contributed by atoms with Crippen LogP contribution in [0.4, 0.5) is 11.4 Å². The number of carbonyl (C=O) groups is 1. The molecule has 8 nitrogen and oxygen atoms in total. The fraction of sp³-hybridized carbons (Fsp3) is 0.154. The first kappa shape index (κ1) is 22.7. The Morgan fingerprint density at radius 2 is 1.66 bits per heavy atom. The minimum atomic E-state index is -3.85. The molecule has 1 aromatic heterocycles. The molecule has 2 heterocycles. The summed E-state index contributed by atoms with van der Waals surface area (Å²) in [5.74, 6) is -0.560. The molecule has 3 aromatic carbocycles. The van der Waals surface area contributed by atoms with Crippen LogP contribution in [0.25, 0.3) is 5.69 Å². The van der Waals surface area contributed by atoms with Crippen LogP contribution in [0.1, 0.15) is 21.6 Å². The highest BCUT2D eigenvalue weighted by Gasteiger charge is 2.31. The third kappa shape index (κ3) is 3.83. The van der Waals surface area contributed by atoms with Crippen molar-refractivity contribution in [2.75, 3.05) is 16.2 Å². The number of hydrogen-bond donors (Lipinski definition) is 1. The van der Waals surface area contributed by atoms with Gasteiger partial charge in [0.05, 0.1) is 22.0 Å². The van der Waals surface area contributed by atoms with Crippen molar-refractivity contribution in [3.05, 3.63) is 106 Å². The highest BCUT2D eigenvalue weighted by Crippen LogP contribution is 2.32. The van der Waals surface area contributed by atoms with E-state index in [1.54, 1.807) is 42.9 Å². The molecule has 0 fully saturated rings. The Kier molecular flexibility index (Phi) is 5.56. The van der Waals surface area contributed by atoms with Crippen LogP contribution in [0, 0.1) is 6.92 Å². The van der Waals surface area contributed by atoms with Crippen LogP contribution in [0.15, 0.2) is 88.6 Å². The number of rotatable bonds is 5. The number of amides is 1. The maximum absolute atomic E-state index is 13.4. The number of fused-ring (bicyclic) bond motifs is 1. The summed E-state index contributed by atoms with van der Waals surface area (Å²) in [6, 6.07) is 22.4. The zero-order valence-corrected chi connectivity index (χ0v) is 20.1. The van der Waals surface area contributed by atoms with E-state index < -0.39 is 15.9 Å². The molecule has 1 N–H and O–H groups in total. The molecule has 178 valence electrons. The minimum absolute atomic E-state index is 0.0216. The maximum atomic E-state index is 13.4. The molecule has 0 radical (unpaired) electrons. The van der Waals surface area contributed by atoms with Gasteiger partial charge in [0.2, 0.25) is 0 Å². The van der Waals surface area contributed by atoms with E-state index >= 15 is 0 Å². The SMILES string of the molecule is Cc1c(NC(=O)c2cccc(S(=O)(=O)N3CCc4ccccc43)c2)c(=O)n(-c2ccccc2)n1C. The summed E-state index contributed by atoms with van der Waals surface area (Å²) >= 11 is 0. The van der Waals surface area contributed by atoms with Crippen molar-refractivity contribution in [1.82, 2.24) is 9.36 Å². The van der Waals surface area contributed by atoms with Crippen molar-refractivity contribution in [2.45, 2.75) is 18.2 Å². The van der Waals surface area contributed by atoms with E-state index in [9.17, 15) is 18.0 Å². The van der Waals surface area contributed by atoms with E-state index in [1.807, 2.05) is 30.3 Å². The zero-order valence-electron chi connectivity index (χ0n) is 19.3. The summed E-state index contributed by atoms with van der Waals surface area (Å²) in [5, 5.41) is 2.69. The maximum Gasteiger partial charge on any atom is 0.295 e. The number of anilines is 2. The topological polar surface area (TPSA) is 93.4 Å². The lowest BCUT2D eigenvalue weighted by Gasteiger charge is -2.20. The Morgan fingerprint density at radius 3 is 2.43 bits per heavy atom. The van der Waals surface area contributed by atoms with Crippen LogP contribution in [0.2, 0.25) is 0 Å². The van der Waals surface area contributed by atoms with Gasteiger partial charge in [-0.3, -0.25) is 18.6 Å². The van der Waals surface area contributed by atoms with Gasteiger partial charge in [0.25, 0.3) is 21.5 Å². The van der Waals surface area contributed by atoms with Gasteiger partial charge in [0.1, 0.15) is 5.69 Å². The Hall–Kier alpha value is -4.11. The molecule has 0 saturated heterocycles. The van der Waals surface area contributed by atoms with Crippen LogP contribution in [0.5, 0.6) is 0 Å². The summed E-state index contributed by atoms with van der Waals surface area (Å²) in [5.41, 5.74) is 2.78. The third-order valence-electron chi connectivity index (χ3n) is 6.32. The van der Waals surface area contributed by atoms with E-state index in [-0.39, 0.29) is 21.7 Å². The highest BCUT2D eigenvalue weighted by molar-refractivity contribution is 7.92. The lowest BCUT2D eigenvalue weighted by molar-refractivity contribution is 0.102. The highest BCUT2D eigenvalue weighted by atomic mass is 32.2. The van der Waals surface area contributed by atoms with Crippen molar-refractivity contribution in [1.29, 1.82) is 0 Å². The van der Waals surface area contributed by atoms with Crippen LogP contribution in [-0.4, -0.2) is 30.2 Å². The van der Waals surface area contributed by atoms with Gasteiger partial charge in [-0.05, 0) is 55.3 Å². The van der Waals surface area contributed by atoms with Crippen LogP contribution >= 0.6 is 0 Å². The molecule has 5 rings (SSSR count). The van der Waals surface area contributed by atoms with Crippen LogP contribution in [0.3, 0.4) is 0 Å². The van der Waals surface area contributed by atoms with Crippen LogP contribution in [-0.2, 0) is 23.5 Å². The summed E-state index contributed by atoms with van der Waals surface area (Å²) in [6.45, 7) is 2.09. The van der Waals surface area contributed by atoms with Gasteiger partial charge in [-0.1, -0.05) is 42.5 Å². The molecular formula is C26H24N4O4S. The standard InChI is InChI=1S/C26H24N4O4S/c1-18-24(26(32)30(28(18)2)21-11-4-3-5-12-21)27-25(31)20-10-8-13-22(17-20)35(33,34)29-16-15-19-9-6-7-14-23(19)29/h3-14,17H,15-16H2,1-2H3,(H,27,31). The lowest BCUT2D eigenvalue weighted by atomic mass is 10.2. The van der Waals surface area contributed by atoms with Gasteiger partial charge in [-0.25, -0.2) is 13.1 Å². The molecule has 1 aliphatic heterocycles. The molecule has 0 saturated carbocycles. The van der Waals surface area contributed by atoms with Crippen molar-refractivity contribution in [3.63, 3.8) is 0 Å². The van der Waals surface area contributed by atoms with Crippen molar-refractivity contribution >= 4 is 27.3 Å². The summed E-state index contributed by atoms with van der Waals surface area (Å²) in [6.07, 6.45) is 0.635. The molecule has 9 heteroatoms. The first-order valence-corrected chi connectivity index (χ1v) is 12.6. The Balaban J connectivity index is 1.46. The fourth-order valence-corrected chi connectivity index (χ4v) is 5.93. The van der Waals surface area contributed by atoms with Gasteiger partial charge < -0.3 is 5.32 Å². The number of benzene rings is 3. The Morgan fingerprint density at radius 1 is 0.943 bits per heavy atom. The molecule has 0 spiro atoms. The number of carbonyl (C=O) groups excluding carboxylic acids is 1. The third-order valence-corrected chi connectivity index (χ3v) is 8.13. The predicted molar refractivity (Wildman–Crippen MR) is 135 cm³/mol. The minimum Gasteiger partial charge on any atom is -0.316 e. The van der Waals surface area contributed by atoms with Gasteiger partial charge in [-0.15, -0.1) is 0 Å². The van der Waals surface area contributed by atoms with Gasteiger partial charge in [0.15, 0.2) is 0 Å². The average Bonchev–Trinajstić information content (AvgIpc) is 3.40. The van der Waals surface area contributed by atoms with Gasteiger partial charge >= 0.3 is 0 Å². The fourth-order valence-electron chi connectivity index (χ4n) is 4.38. The molecule has 1 aliphatic rings. The second-order valence-corrected chi connectivity index (χ2v) is 10.2. The number of nitrogens with zero attached hydrogens (tertiary/aromatic N) is 3. The molecule has 0 aliphatic carbocycles. The normalized spacial score (nSPS) is 13.0.